The van der Waals surface area contributed by atoms with Crippen molar-refractivity contribution >= 4 is 5.78 Å². The maximum atomic E-state index is 13.4. The molecule has 0 unspecified atom stereocenters. The molecule has 0 saturated heterocycles. The molecule has 0 bridgehead atoms. The summed E-state index contributed by atoms with van der Waals surface area (Å²) in [6, 6.07) is 7.55. The smallest absolute Gasteiger partial charge is 0.213 e. The quantitative estimate of drug-likeness (QED) is 0.741. The molecular formula is C12H11FN2O. The van der Waals surface area contributed by atoms with E-state index in [1.54, 1.807) is 22.9 Å². The summed E-state index contributed by atoms with van der Waals surface area (Å²) in [4.78, 5) is 12.0. The van der Waals surface area contributed by atoms with E-state index in [4.69, 9.17) is 0 Å². The van der Waals surface area contributed by atoms with Crippen molar-refractivity contribution in [1.82, 2.24) is 9.78 Å². The molecule has 1 heterocycles. The van der Waals surface area contributed by atoms with E-state index in [2.05, 4.69) is 5.10 Å². The first-order valence-corrected chi connectivity index (χ1v) is 5.05. The molecule has 0 aliphatic rings. The largest absolute Gasteiger partial charge is 0.287 e. The Morgan fingerprint density at radius 3 is 2.81 bits per heavy atom. The average Bonchev–Trinajstić information content (AvgIpc) is 2.77. The summed E-state index contributed by atoms with van der Waals surface area (Å²) in [6.07, 6.45) is 1.54. The van der Waals surface area contributed by atoms with Gasteiger partial charge < -0.3 is 0 Å². The highest BCUT2D eigenvalue weighted by Crippen LogP contribution is 2.12. The third-order valence-corrected chi connectivity index (χ3v) is 2.37. The van der Waals surface area contributed by atoms with Crippen LogP contribution >= 0.6 is 0 Å². The van der Waals surface area contributed by atoms with Crippen molar-refractivity contribution in [2.24, 2.45) is 0 Å². The first kappa shape index (κ1) is 10.5. The molecule has 16 heavy (non-hydrogen) atoms. The molecular weight excluding hydrogens is 207 g/mol. The van der Waals surface area contributed by atoms with Crippen LogP contribution in [0.2, 0.25) is 0 Å². The molecule has 0 spiro atoms. The Kier molecular flexibility index (Phi) is 2.81. The second-order valence-electron chi connectivity index (χ2n) is 3.34. The standard InChI is InChI=1S/C12H11FN2O/c1-2-15-11(7-8-14-15)12(16)9-5-3-4-6-10(9)13/h3-8H,2H2,1H3. The highest BCUT2D eigenvalue weighted by molar-refractivity contribution is 6.07. The van der Waals surface area contributed by atoms with Crippen LogP contribution in [-0.2, 0) is 6.54 Å². The number of rotatable bonds is 3. The fourth-order valence-electron chi connectivity index (χ4n) is 1.56. The summed E-state index contributed by atoms with van der Waals surface area (Å²) in [5.41, 5.74) is 0.491. The molecule has 0 aliphatic heterocycles. The first-order chi connectivity index (χ1) is 7.74. The second-order valence-corrected chi connectivity index (χ2v) is 3.34. The maximum absolute atomic E-state index is 13.4. The Bertz CT molecular complexity index is 519. The van der Waals surface area contributed by atoms with Gasteiger partial charge in [0.25, 0.3) is 0 Å². The maximum Gasteiger partial charge on any atom is 0.213 e. The van der Waals surface area contributed by atoms with Crippen molar-refractivity contribution in [3.05, 3.63) is 53.6 Å². The van der Waals surface area contributed by atoms with E-state index in [0.717, 1.165) is 0 Å². The zero-order valence-electron chi connectivity index (χ0n) is 8.85. The van der Waals surface area contributed by atoms with Crippen molar-refractivity contribution in [2.45, 2.75) is 13.5 Å². The van der Waals surface area contributed by atoms with Gasteiger partial charge in [-0.1, -0.05) is 12.1 Å². The van der Waals surface area contributed by atoms with Gasteiger partial charge in [-0.25, -0.2) is 4.39 Å². The predicted octanol–water partition coefficient (Wildman–Crippen LogP) is 2.27. The van der Waals surface area contributed by atoms with E-state index < -0.39 is 5.82 Å². The second kappa shape index (κ2) is 4.26. The number of carbonyl (C=O) groups is 1. The van der Waals surface area contributed by atoms with Gasteiger partial charge >= 0.3 is 0 Å². The lowest BCUT2D eigenvalue weighted by molar-refractivity contribution is 0.102. The summed E-state index contributed by atoms with van der Waals surface area (Å²) in [6.45, 7) is 2.47. The van der Waals surface area contributed by atoms with Gasteiger partial charge in [0, 0.05) is 12.7 Å². The van der Waals surface area contributed by atoms with Crippen LogP contribution in [-0.4, -0.2) is 15.6 Å². The van der Waals surface area contributed by atoms with E-state index in [1.807, 2.05) is 6.92 Å². The molecule has 2 rings (SSSR count). The highest BCUT2D eigenvalue weighted by atomic mass is 19.1. The Morgan fingerprint density at radius 1 is 1.38 bits per heavy atom. The van der Waals surface area contributed by atoms with Gasteiger partial charge in [-0.15, -0.1) is 0 Å². The molecule has 4 heteroatoms. The van der Waals surface area contributed by atoms with Gasteiger partial charge in [0.15, 0.2) is 0 Å². The van der Waals surface area contributed by atoms with Crippen LogP contribution in [0.5, 0.6) is 0 Å². The number of halogens is 1. The number of carbonyl (C=O) groups excluding carboxylic acids is 1. The summed E-state index contributed by atoms with van der Waals surface area (Å²) in [5, 5.41) is 3.98. The fraction of sp³-hybridized carbons (Fsp3) is 0.167. The lowest BCUT2D eigenvalue weighted by Gasteiger charge is -2.04. The van der Waals surface area contributed by atoms with E-state index in [9.17, 15) is 9.18 Å². The third kappa shape index (κ3) is 1.74. The Labute approximate surface area is 92.5 Å². The number of nitrogens with zero attached hydrogens (tertiary/aromatic N) is 2. The third-order valence-electron chi connectivity index (χ3n) is 2.37. The van der Waals surface area contributed by atoms with Gasteiger partial charge in [-0.3, -0.25) is 9.48 Å². The Balaban J connectivity index is 2.44. The molecule has 1 aromatic carbocycles. The minimum atomic E-state index is -0.503. The number of aryl methyl sites for hydroxylation is 1. The van der Waals surface area contributed by atoms with Crippen LogP contribution in [0.3, 0.4) is 0 Å². The molecule has 0 atom stereocenters. The fourth-order valence-corrected chi connectivity index (χ4v) is 1.56. The molecule has 0 saturated carbocycles. The molecule has 0 fully saturated rings. The van der Waals surface area contributed by atoms with Gasteiger partial charge in [-0.05, 0) is 25.1 Å². The molecule has 0 aliphatic carbocycles. The SMILES string of the molecule is CCn1nccc1C(=O)c1ccccc1F. The molecule has 3 nitrogen and oxygen atoms in total. The van der Waals surface area contributed by atoms with Crippen molar-refractivity contribution in [2.75, 3.05) is 0 Å². The average molecular weight is 218 g/mol. The first-order valence-electron chi connectivity index (χ1n) is 5.05. The lowest BCUT2D eigenvalue weighted by atomic mass is 10.1. The van der Waals surface area contributed by atoms with Gasteiger partial charge in [0.1, 0.15) is 11.5 Å². The zero-order chi connectivity index (χ0) is 11.5. The normalized spacial score (nSPS) is 10.4. The topological polar surface area (TPSA) is 34.9 Å². The van der Waals surface area contributed by atoms with Gasteiger partial charge in [-0.2, -0.15) is 5.10 Å². The van der Waals surface area contributed by atoms with Crippen molar-refractivity contribution in [3.8, 4) is 0 Å². The number of benzene rings is 1. The van der Waals surface area contributed by atoms with Crippen LogP contribution in [0.15, 0.2) is 36.5 Å². The molecule has 2 aromatic rings. The van der Waals surface area contributed by atoms with Crippen LogP contribution in [0, 0.1) is 5.82 Å². The van der Waals surface area contributed by atoms with Crippen LogP contribution in [0.1, 0.15) is 23.0 Å². The zero-order valence-corrected chi connectivity index (χ0v) is 8.85. The number of ketones is 1. The summed E-state index contributed by atoms with van der Waals surface area (Å²) in [7, 11) is 0. The number of aromatic nitrogens is 2. The van der Waals surface area contributed by atoms with Crippen molar-refractivity contribution < 1.29 is 9.18 Å². The summed E-state index contributed by atoms with van der Waals surface area (Å²) < 4.78 is 15.0. The van der Waals surface area contributed by atoms with Crippen LogP contribution in [0.4, 0.5) is 4.39 Å². The minimum Gasteiger partial charge on any atom is -0.287 e. The minimum absolute atomic E-state index is 0.0812. The summed E-state index contributed by atoms with van der Waals surface area (Å²) >= 11 is 0. The molecule has 1 aromatic heterocycles. The van der Waals surface area contributed by atoms with Crippen molar-refractivity contribution in [1.29, 1.82) is 0 Å². The number of hydrogen-bond acceptors (Lipinski definition) is 2. The van der Waals surface area contributed by atoms with Crippen molar-refractivity contribution in [3.63, 3.8) is 0 Å². The lowest BCUT2D eigenvalue weighted by Crippen LogP contribution is -2.11. The van der Waals surface area contributed by atoms with Crippen LogP contribution in [0.25, 0.3) is 0 Å². The van der Waals surface area contributed by atoms with E-state index in [-0.39, 0.29) is 11.3 Å². The van der Waals surface area contributed by atoms with E-state index in [1.165, 1.54) is 18.3 Å². The van der Waals surface area contributed by atoms with E-state index in [0.29, 0.717) is 12.2 Å². The van der Waals surface area contributed by atoms with Gasteiger partial charge in [0.2, 0.25) is 5.78 Å². The summed E-state index contributed by atoms with van der Waals surface area (Å²) in [5.74, 6) is -0.839. The molecule has 0 radical (unpaired) electrons. The molecule has 82 valence electrons. The highest BCUT2D eigenvalue weighted by Gasteiger charge is 2.16. The molecule has 0 amide bonds. The number of hydrogen-bond donors (Lipinski definition) is 0. The molecule has 0 N–H and O–H groups in total. The Morgan fingerprint density at radius 2 is 2.12 bits per heavy atom. The van der Waals surface area contributed by atoms with E-state index >= 15 is 0 Å². The predicted molar refractivity (Wildman–Crippen MR) is 57.7 cm³/mol. The Hall–Kier alpha value is -1.97. The monoisotopic (exact) mass is 218 g/mol. The van der Waals surface area contributed by atoms with Gasteiger partial charge in [0.05, 0.1) is 5.56 Å². The van der Waals surface area contributed by atoms with Crippen LogP contribution < -0.4 is 0 Å².